The summed E-state index contributed by atoms with van der Waals surface area (Å²) >= 11 is 0. The average molecular weight is 325 g/mol. The fraction of sp³-hybridized carbons (Fsp3) is 0.722. The highest BCUT2D eigenvalue weighted by atomic mass is 28.4. The van der Waals surface area contributed by atoms with Gasteiger partial charge in [-0.25, -0.2) is 0 Å². The monoisotopic (exact) mass is 324 g/mol. The van der Waals surface area contributed by atoms with Crippen molar-refractivity contribution in [3.8, 4) is 0 Å². The van der Waals surface area contributed by atoms with Gasteiger partial charge in [0.25, 0.3) is 0 Å². The number of allylic oxidation sites excluding steroid dienone is 2. The third kappa shape index (κ3) is 3.48. The minimum Gasteiger partial charge on any atom is -0.546 e. The molecule has 3 nitrogen and oxygen atoms in total. The van der Waals surface area contributed by atoms with E-state index in [0.717, 1.165) is 11.3 Å². The van der Waals surface area contributed by atoms with Crippen LogP contribution in [0, 0.1) is 11.3 Å². The number of carbonyl (C=O) groups excluding carboxylic acids is 1. The predicted molar refractivity (Wildman–Crippen MR) is 94.0 cm³/mol. The van der Waals surface area contributed by atoms with E-state index in [9.17, 15) is 4.79 Å². The molecule has 0 saturated heterocycles. The Kier molecular flexibility index (Phi) is 5.38. The third-order valence-electron chi connectivity index (χ3n) is 5.36. The van der Waals surface area contributed by atoms with Crippen molar-refractivity contribution in [1.82, 2.24) is 0 Å². The Bertz CT molecular complexity index is 485. The van der Waals surface area contributed by atoms with Crippen LogP contribution in [0.5, 0.6) is 0 Å². The Morgan fingerprint density at radius 3 is 2.41 bits per heavy atom. The fourth-order valence-corrected chi connectivity index (χ4v) is 3.48. The van der Waals surface area contributed by atoms with E-state index in [1.54, 1.807) is 0 Å². The number of ether oxygens (including phenoxy) is 1. The second kappa shape index (κ2) is 6.23. The van der Waals surface area contributed by atoms with Gasteiger partial charge in [-0.05, 0) is 44.0 Å². The number of carbonyl (C=O) groups is 1. The van der Waals surface area contributed by atoms with E-state index in [2.05, 4.69) is 46.5 Å². The molecule has 4 heteroatoms. The first-order valence-electron chi connectivity index (χ1n) is 8.11. The van der Waals surface area contributed by atoms with Gasteiger partial charge in [0, 0.05) is 6.42 Å². The SMILES string of the molecule is C=C1CC(O[Si](C)(C)C(C)(C)C)=C[C@H](C)[C@@]1(C)C(=O)OCC. The summed E-state index contributed by atoms with van der Waals surface area (Å²) in [5, 5.41) is 0.153. The van der Waals surface area contributed by atoms with Gasteiger partial charge in [-0.3, -0.25) is 4.79 Å². The first-order valence-corrected chi connectivity index (χ1v) is 11.0. The summed E-state index contributed by atoms with van der Waals surface area (Å²) in [4.78, 5) is 12.3. The molecule has 0 aromatic carbocycles. The van der Waals surface area contributed by atoms with Gasteiger partial charge in [-0.15, -0.1) is 0 Å². The predicted octanol–water partition coefficient (Wildman–Crippen LogP) is 5.06. The van der Waals surface area contributed by atoms with Gasteiger partial charge in [0.05, 0.1) is 17.8 Å². The highest BCUT2D eigenvalue weighted by Crippen LogP contribution is 2.46. The zero-order valence-corrected chi connectivity index (χ0v) is 16.5. The number of hydrogen-bond acceptors (Lipinski definition) is 3. The van der Waals surface area contributed by atoms with Gasteiger partial charge in [-0.1, -0.05) is 39.8 Å². The van der Waals surface area contributed by atoms with Crippen LogP contribution in [0.4, 0.5) is 0 Å². The van der Waals surface area contributed by atoms with Crippen LogP contribution in [0.25, 0.3) is 0 Å². The van der Waals surface area contributed by atoms with E-state index in [-0.39, 0.29) is 16.9 Å². The lowest BCUT2D eigenvalue weighted by molar-refractivity contribution is -0.154. The summed E-state index contributed by atoms with van der Waals surface area (Å²) in [5.74, 6) is 0.800. The maximum Gasteiger partial charge on any atom is 0.316 e. The lowest BCUT2D eigenvalue weighted by atomic mass is 9.68. The van der Waals surface area contributed by atoms with Crippen molar-refractivity contribution in [2.75, 3.05) is 6.61 Å². The Morgan fingerprint density at radius 2 is 2.00 bits per heavy atom. The molecular formula is C18H32O3Si. The highest BCUT2D eigenvalue weighted by molar-refractivity contribution is 6.74. The second-order valence-corrected chi connectivity index (χ2v) is 12.7. The van der Waals surface area contributed by atoms with Crippen LogP contribution in [0.2, 0.25) is 18.1 Å². The normalized spacial score (nSPS) is 26.5. The number of rotatable bonds is 4. The smallest absolute Gasteiger partial charge is 0.316 e. The van der Waals surface area contributed by atoms with Gasteiger partial charge < -0.3 is 9.16 Å². The largest absolute Gasteiger partial charge is 0.546 e. The zero-order chi connectivity index (χ0) is 17.3. The van der Waals surface area contributed by atoms with Crippen LogP contribution in [-0.4, -0.2) is 20.9 Å². The molecule has 126 valence electrons. The van der Waals surface area contributed by atoms with Crippen LogP contribution in [0.1, 0.15) is 48.0 Å². The Morgan fingerprint density at radius 1 is 1.45 bits per heavy atom. The lowest BCUT2D eigenvalue weighted by Crippen LogP contribution is -2.43. The van der Waals surface area contributed by atoms with E-state index >= 15 is 0 Å². The molecule has 0 fully saturated rings. The van der Waals surface area contributed by atoms with Crippen molar-refractivity contribution in [2.45, 2.75) is 66.1 Å². The Labute approximate surface area is 136 Å². The molecule has 1 rings (SSSR count). The van der Waals surface area contributed by atoms with Crippen LogP contribution in [0.3, 0.4) is 0 Å². The zero-order valence-electron chi connectivity index (χ0n) is 15.5. The van der Waals surface area contributed by atoms with E-state index in [1.807, 2.05) is 20.8 Å². The van der Waals surface area contributed by atoms with Gasteiger partial charge in [0.1, 0.15) is 0 Å². The van der Waals surface area contributed by atoms with Crippen molar-refractivity contribution in [2.24, 2.45) is 11.3 Å². The van der Waals surface area contributed by atoms with Crippen molar-refractivity contribution >= 4 is 14.3 Å². The molecule has 0 aromatic rings. The van der Waals surface area contributed by atoms with E-state index in [0.29, 0.717) is 13.0 Å². The molecule has 0 saturated carbocycles. The molecule has 0 bridgehead atoms. The summed E-state index contributed by atoms with van der Waals surface area (Å²) in [6.07, 6.45) is 2.71. The molecule has 0 heterocycles. The topological polar surface area (TPSA) is 35.5 Å². The van der Waals surface area contributed by atoms with Crippen LogP contribution in [0.15, 0.2) is 24.0 Å². The Balaban J connectivity index is 3.03. The molecule has 0 unspecified atom stereocenters. The van der Waals surface area contributed by atoms with Gasteiger partial charge >= 0.3 is 5.97 Å². The standard InChI is InChI=1S/C18H32O3Si/c1-10-20-16(19)18(7)13(2)11-15(12-14(18)3)21-22(8,9)17(4,5)6/h12,14H,2,10-11H2,1,3-9H3/t14-,18-/m0/s1. The molecule has 0 spiro atoms. The van der Waals surface area contributed by atoms with E-state index in [1.165, 1.54) is 0 Å². The molecular weight excluding hydrogens is 292 g/mol. The van der Waals surface area contributed by atoms with E-state index < -0.39 is 13.7 Å². The van der Waals surface area contributed by atoms with Gasteiger partial charge in [0.15, 0.2) is 0 Å². The molecule has 1 aliphatic carbocycles. The van der Waals surface area contributed by atoms with Gasteiger partial charge in [-0.2, -0.15) is 0 Å². The maximum absolute atomic E-state index is 12.3. The van der Waals surface area contributed by atoms with Crippen molar-refractivity contribution in [3.05, 3.63) is 24.0 Å². The second-order valence-electron chi connectivity index (χ2n) is 7.99. The molecule has 0 N–H and O–H groups in total. The lowest BCUT2D eigenvalue weighted by Gasteiger charge is -2.42. The van der Waals surface area contributed by atoms with Crippen LogP contribution >= 0.6 is 0 Å². The van der Waals surface area contributed by atoms with Crippen LogP contribution in [-0.2, 0) is 14.0 Å². The summed E-state index contributed by atoms with van der Waals surface area (Å²) in [7, 11) is -1.87. The minimum absolute atomic E-state index is 0.0209. The van der Waals surface area contributed by atoms with Crippen molar-refractivity contribution in [3.63, 3.8) is 0 Å². The first kappa shape index (κ1) is 19.0. The maximum atomic E-state index is 12.3. The minimum atomic E-state index is -1.87. The molecule has 0 amide bonds. The van der Waals surface area contributed by atoms with Crippen molar-refractivity contribution in [1.29, 1.82) is 0 Å². The fourth-order valence-electron chi connectivity index (χ4n) is 2.38. The van der Waals surface area contributed by atoms with E-state index in [4.69, 9.17) is 9.16 Å². The number of hydrogen-bond donors (Lipinski definition) is 0. The van der Waals surface area contributed by atoms with Gasteiger partial charge in [0.2, 0.25) is 8.32 Å². The molecule has 0 radical (unpaired) electrons. The first-order chi connectivity index (χ1) is 9.86. The highest BCUT2D eigenvalue weighted by Gasteiger charge is 2.46. The molecule has 2 atom stereocenters. The number of esters is 1. The average Bonchev–Trinajstić information content (AvgIpc) is 2.34. The summed E-state index contributed by atoms with van der Waals surface area (Å²) in [6.45, 7) is 21.5. The third-order valence-corrected chi connectivity index (χ3v) is 9.75. The van der Waals surface area contributed by atoms with Crippen molar-refractivity contribution < 1.29 is 14.0 Å². The summed E-state index contributed by atoms with van der Waals surface area (Å²) < 4.78 is 11.7. The van der Waals surface area contributed by atoms with Crippen LogP contribution < -0.4 is 0 Å². The quantitative estimate of drug-likeness (QED) is 0.412. The molecule has 0 aromatic heterocycles. The summed E-state index contributed by atoms with van der Waals surface area (Å²) in [5.41, 5.74) is 0.227. The summed E-state index contributed by atoms with van der Waals surface area (Å²) in [6, 6.07) is 0. The molecule has 0 aliphatic heterocycles. The molecule has 22 heavy (non-hydrogen) atoms. The molecule has 1 aliphatic rings. The Hall–Kier alpha value is -1.03.